The Hall–Kier alpha value is -1.56. The number of rotatable bonds is 3. The van der Waals surface area contributed by atoms with Gasteiger partial charge in [-0.1, -0.05) is 12.1 Å². The lowest BCUT2D eigenvalue weighted by molar-refractivity contribution is -0.137. The molecule has 6 heteroatoms. The number of nitrogens with zero attached hydrogens (tertiary/aromatic N) is 1. The van der Waals surface area contributed by atoms with Gasteiger partial charge >= 0.3 is 6.18 Å². The van der Waals surface area contributed by atoms with Gasteiger partial charge in [-0.2, -0.15) is 13.2 Å². The minimum atomic E-state index is -4.30. The molecule has 0 aliphatic carbocycles. The molecular weight excluding hydrogens is 273 g/mol. The summed E-state index contributed by atoms with van der Waals surface area (Å²) in [5.74, 6) is 0. The molecule has 1 aromatic carbocycles. The van der Waals surface area contributed by atoms with Gasteiger partial charge in [0.15, 0.2) is 5.13 Å². The third-order valence-corrected chi connectivity index (χ3v) is 3.20. The highest BCUT2D eigenvalue weighted by Gasteiger charge is 2.30. The molecule has 0 saturated heterocycles. The molecule has 0 bridgehead atoms. The first-order valence-corrected chi connectivity index (χ1v) is 6.64. The largest absolute Gasteiger partial charge is 0.416 e. The summed E-state index contributed by atoms with van der Waals surface area (Å²) < 4.78 is 37.3. The Morgan fingerprint density at radius 3 is 2.32 bits per heavy atom. The summed E-state index contributed by atoms with van der Waals surface area (Å²) in [6.45, 7) is 4.00. The van der Waals surface area contributed by atoms with Crippen LogP contribution < -0.4 is 5.32 Å². The second-order valence-electron chi connectivity index (χ2n) is 4.41. The Balaban J connectivity index is 2.20. The molecule has 0 radical (unpaired) electrons. The van der Waals surface area contributed by atoms with Crippen LogP contribution in [0.5, 0.6) is 0 Å². The van der Waals surface area contributed by atoms with E-state index in [1.165, 1.54) is 23.5 Å². The summed E-state index contributed by atoms with van der Waals surface area (Å²) in [6, 6.07) is 5.30. The van der Waals surface area contributed by atoms with Crippen molar-refractivity contribution in [3.05, 3.63) is 35.2 Å². The van der Waals surface area contributed by atoms with Crippen molar-refractivity contribution >= 4 is 16.5 Å². The third-order valence-electron chi connectivity index (χ3n) is 2.42. The van der Waals surface area contributed by atoms with E-state index < -0.39 is 11.7 Å². The predicted octanol–water partition coefficient (Wildman–Crippen LogP) is 4.65. The average Bonchev–Trinajstić information content (AvgIpc) is 2.75. The first-order valence-electron chi connectivity index (χ1n) is 5.76. The topological polar surface area (TPSA) is 24.9 Å². The number of halogens is 3. The molecule has 0 atom stereocenters. The average molecular weight is 286 g/mol. The van der Waals surface area contributed by atoms with Gasteiger partial charge in [0.25, 0.3) is 0 Å². The minimum Gasteiger partial charge on any atom is -0.359 e. The second kappa shape index (κ2) is 5.21. The van der Waals surface area contributed by atoms with Crippen molar-refractivity contribution in [1.29, 1.82) is 0 Å². The number of thiazole rings is 1. The highest BCUT2D eigenvalue weighted by Crippen LogP contribution is 2.31. The Morgan fingerprint density at radius 1 is 1.16 bits per heavy atom. The number of alkyl halides is 3. The summed E-state index contributed by atoms with van der Waals surface area (Å²) in [5.41, 5.74) is 0.718. The molecule has 2 aromatic rings. The highest BCUT2D eigenvalue weighted by molar-refractivity contribution is 7.14. The van der Waals surface area contributed by atoms with Crippen LogP contribution >= 0.6 is 11.3 Å². The number of anilines is 1. The van der Waals surface area contributed by atoms with E-state index in [1.807, 2.05) is 19.2 Å². The summed E-state index contributed by atoms with van der Waals surface area (Å²) in [4.78, 5) is 4.34. The van der Waals surface area contributed by atoms with Crippen molar-refractivity contribution in [2.24, 2.45) is 0 Å². The predicted molar refractivity (Wildman–Crippen MR) is 71.3 cm³/mol. The Morgan fingerprint density at radius 2 is 1.79 bits per heavy atom. The zero-order valence-corrected chi connectivity index (χ0v) is 11.3. The molecule has 0 spiro atoms. The van der Waals surface area contributed by atoms with Gasteiger partial charge in [0.1, 0.15) is 0 Å². The Kier molecular flexibility index (Phi) is 3.80. The zero-order chi connectivity index (χ0) is 14.0. The molecule has 1 N–H and O–H groups in total. The SMILES string of the molecule is CC(C)Nc1nc(-c2ccc(C(F)(F)F)cc2)cs1. The van der Waals surface area contributed by atoms with E-state index in [2.05, 4.69) is 10.3 Å². The lowest BCUT2D eigenvalue weighted by Gasteiger charge is -2.06. The fraction of sp³-hybridized carbons (Fsp3) is 0.308. The van der Waals surface area contributed by atoms with Crippen molar-refractivity contribution in [2.75, 3.05) is 5.32 Å². The monoisotopic (exact) mass is 286 g/mol. The van der Waals surface area contributed by atoms with Crippen LogP contribution in [-0.4, -0.2) is 11.0 Å². The highest BCUT2D eigenvalue weighted by atomic mass is 32.1. The minimum absolute atomic E-state index is 0.270. The van der Waals surface area contributed by atoms with Gasteiger partial charge in [-0.05, 0) is 26.0 Å². The standard InChI is InChI=1S/C13H13F3N2S/c1-8(2)17-12-18-11(7-19-12)9-3-5-10(6-4-9)13(14,15)16/h3-8H,1-2H3,(H,17,18). The van der Waals surface area contributed by atoms with E-state index >= 15 is 0 Å². The lowest BCUT2D eigenvalue weighted by atomic mass is 10.1. The molecule has 0 saturated carbocycles. The number of nitrogens with one attached hydrogen (secondary N) is 1. The summed E-state index contributed by atoms with van der Waals surface area (Å²) in [5, 5.41) is 5.75. The van der Waals surface area contributed by atoms with Crippen molar-refractivity contribution in [3.63, 3.8) is 0 Å². The lowest BCUT2D eigenvalue weighted by Crippen LogP contribution is -2.09. The van der Waals surface area contributed by atoms with E-state index in [4.69, 9.17) is 0 Å². The van der Waals surface area contributed by atoms with Gasteiger partial charge < -0.3 is 5.32 Å². The molecule has 0 unspecified atom stereocenters. The molecule has 0 aliphatic heterocycles. The van der Waals surface area contributed by atoms with Gasteiger partial charge in [-0.3, -0.25) is 0 Å². The molecule has 1 heterocycles. The maximum absolute atomic E-state index is 12.4. The smallest absolute Gasteiger partial charge is 0.359 e. The first kappa shape index (κ1) is 13.9. The fourth-order valence-corrected chi connectivity index (χ4v) is 2.42. The first-order chi connectivity index (χ1) is 8.86. The molecule has 0 fully saturated rings. The van der Waals surface area contributed by atoms with Gasteiger partial charge in [-0.15, -0.1) is 11.3 Å². The van der Waals surface area contributed by atoms with Crippen LogP contribution in [0, 0.1) is 0 Å². The van der Waals surface area contributed by atoms with Gasteiger partial charge in [0.05, 0.1) is 11.3 Å². The van der Waals surface area contributed by atoms with E-state index in [1.54, 1.807) is 0 Å². The molecule has 102 valence electrons. The van der Waals surface area contributed by atoms with Crippen LogP contribution in [0.15, 0.2) is 29.6 Å². The maximum atomic E-state index is 12.4. The third kappa shape index (κ3) is 3.47. The van der Waals surface area contributed by atoms with E-state index in [0.29, 0.717) is 11.3 Å². The van der Waals surface area contributed by atoms with Crippen molar-refractivity contribution in [1.82, 2.24) is 4.98 Å². The quantitative estimate of drug-likeness (QED) is 0.888. The summed E-state index contributed by atoms with van der Waals surface area (Å²) >= 11 is 1.44. The van der Waals surface area contributed by atoms with Crippen LogP contribution in [-0.2, 0) is 6.18 Å². The van der Waals surface area contributed by atoms with Crippen LogP contribution in [0.2, 0.25) is 0 Å². The van der Waals surface area contributed by atoms with Gasteiger partial charge in [-0.25, -0.2) is 4.98 Å². The van der Waals surface area contributed by atoms with Crippen LogP contribution in [0.4, 0.5) is 18.3 Å². The molecular formula is C13H13F3N2S. The summed E-state index contributed by atoms with van der Waals surface area (Å²) in [6.07, 6.45) is -4.30. The molecule has 2 rings (SSSR count). The number of hydrogen-bond acceptors (Lipinski definition) is 3. The molecule has 1 aromatic heterocycles. The Bertz CT molecular complexity index is 544. The molecule has 2 nitrogen and oxygen atoms in total. The maximum Gasteiger partial charge on any atom is 0.416 e. The normalized spacial score (nSPS) is 11.9. The molecule has 0 amide bonds. The fourth-order valence-electron chi connectivity index (χ4n) is 1.55. The van der Waals surface area contributed by atoms with E-state index in [9.17, 15) is 13.2 Å². The zero-order valence-electron chi connectivity index (χ0n) is 10.5. The van der Waals surface area contributed by atoms with E-state index in [-0.39, 0.29) is 6.04 Å². The van der Waals surface area contributed by atoms with Gasteiger partial charge in [0, 0.05) is 17.0 Å². The number of hydrogen-bond donors (Lipinski definition) is 1. The van der Waals surface area contributed by atoms with Crippen molar-refractivity contribution in [3.8, 4) is 11.3 Å². The molecule has 0 aliphatic rings. The van der Waals surface area contributed by atoms with Crippen molar-refractivity contribution in [2.45, 2.75) is 26.1 Å². The summed E-state index contributed by atoms with van der Waals surface area (Å²) in [7, 11) is 0. The second-order valence-corrected chi connectivity index (χ2v) is 5.27. The number of aromatic nitrogens is 1. The number of benzene rings is 1. The van der Waals surface area contributed by atoms with Crippen LogP contribution in [0.3, 0.4) is 0 Å². The van der Waals surface area contributed by atoms with Crippen LogP contribution in [0.1, 0.15) is 19.4 Å². The molecule has 19 heavy (non-hydrogen) atoms. The van der Waals surface area contributed by atoms with E-state index in [0.717, 1.165) is 17.3 Å². The Labute approximate surface area is 113 Å². The van der Waals surface area contributed by atoms with Gasteiger partial charge in [0.2, 0.25) is 0 Å². The van der Waals surface area contributed by atoms with Crippen LogP contribution in [0.25, 0.3) is 11.3 Å². The van der Waals surface area contributed by atoms with Crippen molar-refractivity contribution < 1.29 is 13.2 Å².